The van der Waals surface area contributed by atoms with Crippen molar-refractivity contribution in [2.45, 2.75) is 37.8 Å². The minimum absolute atomic E-state index is 0.0498. The van der Waals surface area contributed by atoms with Crippen molar-refractivity contribution in [3.8, 4) is 0 Å². The number of hydrogen-bond acceptors (Lipinski definition) is 4. The molecule has 1 unspecified atom stereocenters. The van der Waals surface area contributed by atoms with Crippen LogP contribution in [0.15, 0.2) is 77.7 Å². The average Bonchev–Trinajstić information content (AvgIpc) is 2.89. The van der Waals surface area contributed by atoms with E-state index in [1.807, 2.05) is 6.92 Å². The van der Waals surface area contributed by atoms with E-state index in [9.17, 15) is 18.0 Å². The van der Waals surface area contributed by atoms with Gasteiger partial charge in [-0.3, -0.25) is 13.9 Å². The highest BCUT2D eigenvalue weighted by Crippen LogP contribution is 2.28. The van der Waals surface area contributed by atoms with E-state index in [1.54, 1.807) is 67.6 Å². The molecule has 196 valence electrons. The molecule has 0 bridgehead atoms. The third-order valence-corrected chi connectivity index (χ3v) is 8.45. The molecule has 0 spiro atoms. The van der Waals surface area contributed by atoms with Crippen LogP contribution in [0.5, 0.6) is 0 Å². The smallest absolute Gasteiger partial charge is 0.264 e. The Balaban J connectivity index is 2.07. The van der Waals surface area contributed by atoms with Gasteiger partial charge in [-0.2, -0.15) is 0 Å². The molecule has 37 heavy (non-hydrogen) atoms. The Labute approximate surface area is 228 Å². The lowest BCUT2D eigenvalue weighted by Gasteiger charge is -2.33. The summed E-state index contributed by atoms with van der Waals surface area (Å²) in [6.07, 6.45) is 0.295. The first kappa shape index (κ1) is 28.5. The monoisotopic (exact) mass is 561 g/mol. The highest BCUT2D eigenvalue weighted by molar-refractivity contribution is 7.92. The summed E-state index contributed by atoms with van der Waals surface area (Å²) in [5, 5.41) is 3.26. The molecule has 0 aliphatic heterocycles. The summed E-state index contributed by atoms with van der Waals surface area (Å²) in [5.74, 6) is -0.961. The maximum Gasteiger partial charge on any atom is 0.264 e. The van der Waals surface area contributed by atoms with Crippen LogP contribution in [0.1, 0.15) is 24.5 Å². The number of nitrogens with one attached hydrogen (secondary N) is 1. The topological polar surface area (TPSA) is 86.8 Å². The molecular formula is C27H29Cl2N3O4S. The Bertz CT molecular complexity index is 1330. The number of carbonyl (C=O) groups is 2. The van der Waals surface area contributed by atoms with Crippen LogP contribution in [0.3, 0.4) is 0 Å². The number of anilines is 1. The van der Waals surface area contributed by atoms with Crippen LogP contribution < -0.4 is 9.62 Å². The molecule has 3 aromatic carbocycles. The van der Waals surface area contributed by atoms with Gasteiger partial charge < -0.3 is 10.2 Å². The van der Waals surface area contributed by atoms with E-state index in [2.05, 4.69) is 5.32 Å². The predicted octanol–water partition coefficient (Wildman–Crippen LogP) is 5.05. The van der Waals surface area contributed by atoms with Crippen LogP contribution in [0.25, 0.3) is 0 Å². The summed E-state index contributed by atoms with van der Waals surface area (Å²) in [5.41, 5.74) is 1.69. The molecule has 3 aromatic rings. The standard InChI is InChI=1S/C27H29Cl2N3O4S/c1-4-25(27(34)30-3)31(17-22-23(28)11-8-12-24(22)29)26(33)18-32(20-9-6-5-7-10-20)37(35,36)21-15-13-19(2)14-16-21/h5-16,25H,4,17-18H2,1-3H3,(H,30,34). The van der Waals surface area contributed by atoms with Crippen molar-refractivity contribution in [3.63, 3.8) is 0 Å². The molecule has 0 saturated carbocycles. The van der Waals surface area contributed by atoms with Gasteiger partial charge in [0, 0.05) is 29.2 Å². The first-order valence-corrected chi connectivity index (χ1v) is 13.9. The van der Waals surface area contributed by atoms with Crippen LogP contribution >= 0.6 is 23.2 Å². The maximum absolute atomic E-state index is 13.9. The second kappa shape index (κ2) is 12.4. The first-order valence-electron chi connectivity index (χ1n) is 11.7. The fraction of sp³-hybridized carbons (Fsp3) is 0.259. The Morgan fingerprint density at radius 2 is 1.51 bits per heavy atom. The molecule has 7 nitrogen and oxygen atoms in total. The van der Waals surface area contributed by atoms with Crippen molar-refractivity contribution in [3.05, 3.63) is 94.0 Å². The van der Waals surface area contributed by atoms with E-state index in [1.165, 1.54) is 24.1 Å². The maximum atomic E-state index is 13.9. The second-order valence-corrected chi connectivity index (χ2v) is 11.1. The van der Waals surface area contributed by atoms with Crippen molar-refractivity contribution >= 4 is 50.7 Å². The molecule has 0 aromatic heterocycles. The highest BCUT2D eigenvalue weighted by Gasteiger charge is 2.33. The Kier molecular flexibility index (Phi) is 9.59. The van der Waals surface area contributed by atoms with Crippen molar-refractivity contribution in [1.29, 1.82) is 0 Å². The van der Waals surface area contributed by atoms with Gasteiger partial charge in [-0.15, -0.1) is 0 Å². The molecule has 2 amide bonds. The molecule has 3 rings (SSSR count). The van der Waals surface area contributed by atoms with Gasteiger partial charge in [-0.25, -0.2) is 8.42 Å². The molecule has 0 aliphatic carbocycles. The van der Waals surface area contributed by atoms with Crippen molar-refractivity contribution in [2.24, 2.45) is 0 Å². The van der Waals surface area contributed by atoms with Gasteiger partial charge in [0.2, 0.25) is 11.8 Å². The number of halogens is 2. The van der Waals surface area contributed by atoms with Crippen molar-refractivity contribution in [2.75, 3.05) is 17.9 Å². The molecule has 1 N–H and O–H groups in total. The van der Waals surface area contributed by atoms with E-state index < -0.39 is 28.5 Å². The number of sulfonamides is 1. The van der Waals surface area contributed by atoms with Gasteiger partial charge in [-0.1, -0.05) is 72.1 Å². The third-order valence-electron chi connectivity index (χ3n) is 5.95. The summed E-state index contributed by atoms with van der Waals surface area (Å²) >= 11 is 12.8. The fourth-order valence-electron chi connectivity index (χ4n) is 3.90. The van der Waals surface area contributed by atoms with E-state index in [0.29, 0.717) is 27.7 Å². The Hall–Kier alpha value is -3.07. The lowest BCUT2D eigenvalue weighted by Crippen LogP contribution is -2.51. The lowest BCUT2D eigenvalue weighted by molar-refractivity contribution is -0.140. The second-order valence-electron chi connectivity index (χ2n) is 8.42. The van der Waals surface area contributed by atoms with Gasteiger partial charge in [-0.05, 0) is 49.7 Å². The molecule has 0 saturated heterocycles. The number of aryl methyl sites for hydroxylation is 1. The normalized spacial score (nSPS) is 12.0. The number of hydrogen-bond donors (Lipinski definition) is 1. The zero-order chi connectivity index (χ0) is 27.2. The molecule has 10 heteroatoms. The van der Waals surface area contributed by atoms with Gasteiger partial charge in [0.1, 0.15) is 12.6 Å². The van der Waals surface area contributed by atoms with E-state index in [-0.39, 0.29) is 17.3 Å². The van der Waals surface area contributed by atoms with E-state index >= 15 is 0 Å². The fourth-order valence-corrected chi connectivity index (χ4v) is 5.83. The number of benzene rings is 3. The Morgan fingerprint density at radius 3 is 2.05 bits per heavy atom. The molecule has 1 atom stereocenters. The average molecular weight is 563 g/mol. The number of nitrogens with zero attached hydrogens (tertiary/aromatic N) is 2. The summed E-state index contributed by atoms with van der Waals surface area (Å²) in [6, 6.07) is 18.9. The van der Waals surface area contributed by atoms with Crippen LogP contribution in [-0.2, 0) is 26.2 Å². The van der Waals surface area contributed by atoms with Gasteiger partial charge >= 0.3 is 0 Å². The quantitative estimate of drug-likeness (QED) is 0.375. The third kappa shape index (κ3) is 6.63. The van der Waals surface area contributed by atoms with Crippen LogP contribution in [0.2, 0.25) is 10.0 Å². The van der Waals surface area contributed by atoms with E-state index in [4.69, 9.17) is 23.2 Å². The van der Waals surface area contributed by atoms with Crippen molar-refractivity contribution in [1.82, 2.24) is 10.2 Å². The summed E-state index contributed by atoms with van der Waals surface area (Å²) in [4.78, 5) is 28.0. The van der Waals surface area contributed by atoms with Crippen LogP contribution in [0, 0.1) is 6.92 Å². The number of rotatable bonds is 10. The van der Waals surface area contributed by atoms with Gasteiger partial charge in [0.05, 0.1) is 10.6 Å². The SMILES string of the molecule is CCC(C(=O)NC)N(Cc1c(Cl)cccc1Cl)C(=O)CN(c1ccccc1)S(=O)(=O)c1ccc(C)cc1. The molecule has 0 aliphatic rings. The minimum Gasteiger partial charge on any atom is -0.357 e. The first-order chi connectivity index (χ1) is 17.6. The highest BCUT2D eigenvalue weighted by atomic mass is 35.5. The molecule has 0 fully saturated rings. The zero-order valence-electron chi connectivity index (χ0n) is 20.8. The molecule has 0 radical (unpaired) electrons. The zero-order valence-corrected chi connectivity index (χ0v) is 23.1. The molecule has 0 heterocycles. The van der Waals surface area contributed by atoms with Crippen LogP contribution in [0.4, 0.5) is 5.69 Å². The lowest BCUT2D eigenvalue weighted by atomic mass is 10.1. The Morgan fingerprint density at radius 1 is 0.919 bits per heavy atom. The summed E-state index contributed by atoms with van der Waals surface area (Å²) in [6.45, 7) is 3.02. The van der Waals surface area contributed by atoms with Crippen LogP contribution in [-0.4, -0.2) is 44.8 Å². The number of carbonyl (C=O) groups excluding carboxylic acids is 2. The van der Waals surface area contributed by atoms with Gasteiger partial charge in [0.15, 0.2) is 0 Å². The van der Waals surface area contributed by atoms with E-state index in [0.717, 1.165) is 9.87 Å². The van der Waals surface area contributed by atoms with Gasteiger partial charge in [0.25, 0.3) is 10.0 Å². The number of likely N-dealkylation sites (N-methyl/N-ethyl adjacent to an activating group) is 1. The van der Waals surface area contributed by atoms with Crippen molar-refractivity contribution < 1.29 is 18.0 Å². The largest absolute Gasteiger partial charge is 0.357 e. The summed E-state index contributed by atoms with van der Waals surface area (Å²) in [7, 11) is -2.63. The minimum atomic E-state index is -4.11. The predicted molar refractivity (Wildman–Crippen MR) is 147 cm³/mol. The number of amides is 2. The molecular weight excluding hydrogens is 533 g/mol. The summed E-state index contributed by atoms with van der Waals surface area (Å²) < 4.78 is 28.5. The number of para-hydroxylation sites is 1.